The van der Waals surface area contributed by atoms with Crippen LogP contribution >= 0.6 is 11.3 Å². The molecule has 5 nitrogen and oxygen atoms in total. The lowest BCUT2D eigenvalue weighted by atomic mass is 10.0. The van der Waals surface area contributed by atoms with Crippen LogP contribution in [0.25, 0.3) is 23.3 Å². The van der Waals surface area contributed by atoms with Crippen LogP contribution in [0.2, 0.25) is 0 Å². The summed E-state index contributed by atoms with van der Waals surface area (Å²) in [7, 11) is 0. The van der Waals surface area contributed by atoms with Gasteiger partial charge in [0.15, 0.2) is 5.78 Å². The summed E-state index contributed by atoms with van der Waals surface area (Å²) < 4.78 is 0. The van der Waals surface area contributed by atoms with Crippen molar-refractivity contribution in [2.75, 3.05) is 5.32 Å². The monoisotopic (exact) mass is 554 g/mol. The SMILES string of the molecule is O=C(Nc1ccc(C(=O)/C=C/c2cccs2)cc1)/C(=C/c1ccc(-c2ccccc2)cc1)NC(=O)c1ccccc1. The smallest absolute Gasteiger partial charge is 0.272 e. The zero-order chi connectivity index (χ0) is 28.4. The Kier molecular flexibility index (Phi) is 8.74. The lowest BCUT2D eigenvalue weighted by Crippen LogP contribution is -2.30. The maximum atomic E-state index is 13.4. The maximum Gasteiger partial charge on any atom is 0.272 e. The number of hydrogen-bond acceptors (Lipinski definition) is 4. The van der Waals surface area contributed by atoms with Crippen molar-refractivity contribution in [3.05, 3.63) is 160 Å². The molecule has 0 fully saturated rings. The summed E-state index contributed by atoms with van der Waals surface area (Å²) in [5, 5.41) is 7.53. The third kappa shape index (κ3) is 7.41. The molecule has 6 heteroatoms. The van der Waals surface area contributed by atoms with E-state index in [1.165, 1.54) is 6.08 Å². The number of amides is 2. The van der Waals surface area contributed by atoms with E-state index in [1.54, 1.807) is 72.0 Å². The van der Waals surface area contributed by atoms with Gasteiger partial charge in [-0.1, -0.05) is 78.9 Å². The zero-order valence-electron chi connectivity index (χ0n) is 22.0. The zero-order valence-corrected chi connectivity index (χ0v) is 22.8. The predicted octanol–water partition coefficient (Wildman–Crippen LogP) is 7.72. The molecule has 0 bridgehead atoms. The Hall–Kier alpha value is -5.33. The Bertz CT molecular complexity index is 1690. The Balaban J connectivity index is 1.34. The number of nitrogens with one attached hydrogen (secondary N) is 2. The van der Waals surface area contributed by atoms with Crippen molar-refractivity contribution >= 4 is 46.8 Å². The number of carbonyl (C=O) groups is 3. The number of allylic oxidation sites excluding steroid dienone is 1. The molecule has 41 heavy (non-hydrogen) atoms. The molecule has 2 N–H and O–H groups in total. The molecular formula is C35H26N2O3S. The summed E-state index contributed by atoms with van der Waals surface area (Å²) >= 11 is 1.55. The Labute approximate surface area is 242 Å². The second-order valence-corrected chi connectivity index (χ2v) is 10.1. The van der Waals surface area contributed by atoms with Gasteiger partial charge in [-0.05, 0) is 82.8 Å². The van der Waals surface area contributed by atoms with Gasteiger partial charge in [0.2, 0.25) is 0 Å². The number of ketones is 1. The fourth-order valence-electron chi connectivity index (χ4n) is 4.07. The molecule has 0 aliphatic rings. The van der Waals surface area contributed by atoms with Crippen molar-refractivity contribution in [2.24, 2.45) is 0 Å². The van der Waals surface area contributed by atoms with Gasteiger partial charge in [-0.15, -0.1) is 11.3 Å². The van der Waals surface area contributed by atoms with Crippen LogP contribution in [0, 0.1) is 0 Å². The molecule has 0 saturated carbocycles. The van der Waals surface area contributed by atoms with Crippen molar-refractivity contribution in [1.29, 1.82) is 0 Å². The van der Waals surface area contributed by atoms with Gasteiger partial charge < -0.3 is 10.6 Å². The van der Waals surface area contributed by atoms with Crippen molar-refractivity contribution in [3.8, 4) is 11.1 Å². The lowest BCUT2D eigenvalue weighted by Gasteiger charge is -2.12. The minimum Gasteiger partial charge on any atom is -0.321 e. The molecule has 4 aromatic carbocycles. The second-order valence-electron chi connectivity index (χ2n) is 9.11. The highest BCUT2D eigenvalue weighted by molar-refractivity contribution is 7.10. The summed E-state index contributed by atoms with van der Waals surface area (Å²) in [4.78, 5) is 39.8. The average Bonchev–Trinajstić information content (AvgIpc) is 3.55. The number of carbonyl (C=O) groups excluding carboxylic acids is 3. The third-order valence-corrected chi connectivity index (χ3v) is 7.06. The van der Waals surface area contributed by atoms with Crippen LogP contribution in [-0.2, 0) is 4.79 Å². The first kappa shape index (κ1) is 27.2. The fourth-order valence-corrected chi connectivity index (χ4v) is 4.69. The van der Waals surface area contributed by atoms with E-state index in [9.17, 15) is 14.4 Å². The van der Waals surface area contributed by atoms with Gasteiger partial charge in [0.05, 0.1) is 0 Å². The molecular weight excluding hydrogens is 528 g/mol. The van der Waals surface area contributed by atoms with Crippen LogP contribution in [0.3, 0.4) is 0 Å². The molecule has 0 saturated heterocycles. The minimum atomic E-state index is -0.488. The summed E-state index contributed by atoms with van der Waals surface area (Å²) in [6.45, 7) is 0. The molecule has 0 spiro atoms. The Morgan fingerprint density at radius 3 is 1.95 bits per heavy atom. The number of thiophene rings is 1. The second kappa shape index (κ2) is 13.2. The number of anilines is 1. The van der Waals surface area contributed by atoms with Gasteiger partial charge in [0.25, 0.3) is 11.8 Å². The Morgan fingerprint density at radius 2 is 1.29 bits per heavy atom. The Morgan fingerprint density at radius 1 is 0.634 bits per heavy atom. The topological polar surface area (TPSA) is 75.3 Å². The van der Waals surface area contributed by atoms with Gasteiger partial charge in [-0.25, -0.2) is 0 Å². The summed E-state index contributed by atoms with van der Waals surface area (Å²) in [5.74, 6) is -1.02. The number of rotatable bonds is 9. The predicted molar refractivity (Wildman–Crippen MR) is 167 cm³/mol. The molecule has 2 amide bonds. The maximum absolute atomic E-state index is 13.4. The summed E-state index contributed by atoms with van der Waals surface area (Å²) in [6.07, 6.45) is 4.95. The highest BCUT2D eigenvalue weighted by Gasteiger charge is 2.15. The molecule has 5 rings (SSSR count). The van der Waals surface area contributed by atoms with E-state index >= 15 is 0 Å². The highest BCUT2D eigenvalue weighted by Crippen LogP contribution is 2.21. The van der Waals surface area contributed by atoms with Gasteiger partial charge in [-0.2, -0.15) is 0 Å². The molecule has 1 heterocycles. The first-order chi connectivity index (χ1) is 20.0. The molecule has 5 aromatic rings. The van der Waals surface area contributed by atoms with Gasteiger partial charge in [-0.3, -0.25) is 14.4 Å². The summed E-state index contributed by atoms with van der Waals surface area (Å²) in [5.41, 5.74) is 4.40. The van der Waals surface area contributed by atoms with E-state index in [1.807, 2.05) is 78.2 Å². The lowest BCUT2D eigenvalue weighted by molar-refractivity contribution is -0.113. The first-order valence-corrected chi connectivity index (χ1v) is 13.8. The third-order valence-electron chi connectivity index (χ3n) is 6.23. The molecule has 1 aromatic heterocycles. The first-order valence-electron chi connectivity index (χ1n) is 13.0. The normalized spacial score (nSPS) is 11.3. The van der Waals surface area contributed by atoms with Gasteiger partial charge >= 0.3 is 0 Å². The fraction of sp³-hybridized carbons (Fsp3) is 0. The van der Waals surface area contributed by atoms with Crippen LogP contribution in [-0.4, -0.2) is 17.6 Å². The molecule has 0 aliphatic heterocycles. The van der Waals surface area contributed by atoms with E-state index < -0.39 is 11.8 Å². The van der Waals surface area contributed by atoms with Crippen molar-refractivity contribution in [2.45, 2.75) is 0 Å². The van der Waals surface area contributed by atoms with Gasteiger partial charge in [0, 0.05) is 21.7 Å². The van der Waals surface area contributed by atoms with Crippen molar-refractivity contribution in [1.82, 2.24) is 5.32 Å². The summed E-state index contributed by atoms with van der Waals surface area (Å²) in [6, 6.07) is 36.9. The highest BCUT2D eigenvalue weighted by atomic mass is 32.1. The molecule has 200 valence electrons. The standard InChI is InChI=1S/C35H26N2O3S/c38-33(22-21-31-12-7-23-41-31)28-17-19-30(20-18-28)36-35(40)32(37-34(39)29-10-5-2-6-11-29)24-25-13-15-27(16-14-25)26-8-3-1-4-9-26/h1-24H,(H,36,40)(H,37,39)/b22-21+,32-24-. The molecule has 0 atom stereocenters. The molecule has 0 aliphatic carbocycles. The number of benzene rings is 4. The number of hydrogen-bond donors (Lipinski definition) is 2. The van der Waals surface area contributed by atoms with Crippen LogP contribution in [0.4, 0.5) is 5.69 Å². The van der Waals surface area contributed by atoms with E-state index in [2.05, 4.69) is 10.6 Å². The van der Waals surface area contributed by atoms with Crippen LogP contribution < -0.4 is 10.6 Å². The quantitative estimate of drug-likeness (QED) is 0.145. The molecule has 0 unspecified atom stereocenters. The minimum absolute atomic E-state index is 0.0883. The van der Waals surface area contributed by atoms with E-state index in [4.69, 9.17) is 0 Å². The molecule has 0 radical (unpaired) electrons. The van der Waals surface area contributed by atoms with Crippen LogP contribution in [0.5, 0.6) is 0 Å². The van der Waals surface area contributed by atoms with Crippen LogP contribution in [0.15, 0.2) is 138 Å². The largest absolute Gasteiger partial charge is 0.321 e. The van der Waals surface area contributed by atoms with E-state index in [0.717, 1.165) is 21.6 Å². The van der Waals surface area contributed by atoms with E-state index in [-0.39, 0.29) is 11.5 Å². The van der Waals surface area contributed by atoms with Crippen molar-refractivity contribution in [3.63, 3.8) is 0 Å². The van der Waals surface area contributed by atoms with Gasteiger partial charge in [0.1, 0.15) is 5.70 Å². The van der Waals surface area contributed by atoms with Crippen molar-refractivity contribution < 1.29 is 14.4 Å². The van der Waals surface area contributed by atoms with Crippen LogP contribution in [0.1, 0.15) is 31.2 Å². The van der Waals surface area contributed by atoms with E-state index in [0.29, 0.717) is 16.8 Å². The average molecular weight is 555 g/mol.